The topological polar surface area (TPSA) is 73.2 Å². The van der Waals surface area contributed by atoms with Crippen LogP contribution in [0.3, 0.4) is 0 Å². The third-order valence-electron chi connectivity index (χ3n) is 4.56. The first-order chi connectivity index (χ1) is 14.4. The summed E-state index contributed by atoms with van der Waals surface area (Å²) >= 11 is 1.45. The lowest BCUT2D eigenvalue weighted by Crippen LogP contribution is -2.22. The zero-order chi connectivity index (χ0) is 21.7. The average Bonchev–Trinajstić information content (AvgIpc) is 3.23. The minimum absolute atomic E-state index is 0.00553. The summed E-state index contributed by atoms with van der Waals surface area (Å²) in [4.78, 5) is 16.3. The molecule has 7 nitrogen and oxygen atoms in total. The van der Waals surface area contributed by atoms with E-state index in [0.29, 0.717) is 23.2 Å². The van der Waals surface area contributed by atoms with E-state index >= 15 is 0 Å². The molecule has 1 heterocycles. The second kappa shape index (κ2) is 9.75. The molecule has 0 unspecified atom stereocenters. The highest BCUT2D eigenvalue weighted by molar-refractivity contribution is 7.13. The minimum atomic E-state index is -0.494. The van der Waals surface area contributed by atoms with Gasteiger partial charge in [-0.3, -0.25) is 0 Å². The Kier molecular flexibility index (Phi) is 7.10. The molecule has 0 aliphatic heterocycles. The Morgan fingerprint density at radius 1 is 1.33 bits per heavy atom. The number of thiazole rings is 1. The molecular formula is C22H27N3O4S. The first-order valence-electron chi connectivity index (χ1n) is 9.92. The predicted molar refractivity (Wildman–Crippen MR) is 119 cm³/mol. The highest BCUT2D eigenvalue weighted by Gasteiger charge is 2.26. The van der Waals surface area contributed by atoms with Gasteiger partial charge in [0.15, 0.2) is 11.5 Å². The van der Waals surface area contributed by atoms with E-state index < -0.39 is 5.97 Å². The summed E-state index contributed by atoms with van der Waals surface area (Å²) in [6.45, 7) is 8.09. The third-order valence-corrected chi connectivity index (χ3v) is 5.31. The van der Waals surface area contributed by atoms with E-state index in [2.05, 4.69) is 17.0 Å². The van der Waals surface area contributed by atoms with Crippen LogP contribution >= 0.6 is 11.3 Å². The van der Waals surface area contributed by atoms with Crippen molar-refractivity contribution in [3.63, 3.8) is 0 Å². The molecule has 1 aromatic carbocycles. The molecule has 0 bridgehead atoms. The molecule has 0 amide bonds. The van der Waals surface area contributed by atoms with Crippen molar-refractivity contribution in [3.05, 3.63) is 40.4 Å². The zero-order valence-corrected chi connectivity index (χ0v) is 18.8. The lowest BCUT2D eigenvalue weighted by atomic mass is 9.89. The van der Waals surface area contributed by atoms with Crippen LogP contribution in [0.4, 0.5) is 5.13 Å². The van der Waals surface area contributed by atoms with Crippen molar-refractivity contribution in [1.82, 2.24) is 4.98 Å². The fraction of sp³-hybridized carbons (Fsp3) is 0.409. The van der Waals surface area contributed by atoms with E-state index in [-0.39, 0.29) is 6.10 Å². The van der Waals surface area contributed by atoms with Gasteiger partial charge in [-0.15, -0.1) is 11.3 Å². The van der Waals surface area contributed by atoms with Gasteiger partial charge >= 0.3 is 5.97 Å². The maximum Gasteiger partial charge on any atom is 0.351 e. The van der Waals surface area contributed by atoms with Crippen LogP contribution < -0.4 is 14.5 Å². The van der Waals surface area contributed by atoms with Gasteiger partial charge in [0.2, 0.25) is 5.13 Å². The Hall–Kier alpha value is -2.87. The molecule has 1 aliphatic rings. The van der Waals surface area contributed by atoms with E-state index in [1.807, 2.05) is 31.4 Å². The van der Waals surface area contributed by atoms with Crippen molar-refractivity contribution in [2.45, 2.75) is 46.6 Å². The summed E-state index contributed by atoms with van der Waals surface area (Å²) in [5.41, 5.74) is 4.17. The van der Waals surface area contributed by atoms with Gasteiger partial charge in [0.25, 0.3) is 0 Å². The van der Waals surface area contributed by atoms with Gasteiger partial charge in [-0.25, -0.2) is 14.8 Å². The number of hydrazone groups is 1. The number of hydrogen-bond donors (Lipinski definition) is 0. The molecular weight excluding hydrogens is 402 g/mol. The van der Waals surface area contributed by atoms with Crippen LogP contribution in [0.25, 0.3) is 5.70 Å². The number of methoxy groups -OCH3 is 1. The number of esters is 1. The van der Waals surface area contributed by atoms with Crippen molar-refractivity contribution in [2.75, 3.05) is 18.7 Å². The lowest BCUT2D eigenvalue weighted by Gasteiger charge is -2.29. The molecule has 0 radical (unpaired) electrons. The number of fused-ring (bicyclic) bond motifs is 1. The minimum Gasteiger partial charge on any atom is -0.493 e. The van der Waals surface area contributed by atoms with E-state index in [1.165, 1.54) is 17.6 Å². The largest absolute Gasteiger partial charge is 0.493 e. The van der Waals surface area contributed by atoms with Gasteiger partial charge in [-0.05, 0) is 63.8 Å². The third kappa shape index (κ3) is 4.81. The van der Waals surface area contributed by atoms with Crippen LogP contribution in [0, 0.1) is 0 Å². The summed E-state index contributed by atoms with van der Waals surface area (Å²) in [6.07, 6.45) is 4.66. The number of aryl methyl sites for hydroxylation is 1. The Labute approximate surface area is 181 Å². The number of allylic oxidation sites excluding steroid dienone is 1. The average molecular weight is 430 g/mol. The van der Waals surface area contributed by atoms with E-state index in [9.17, 15) is 4.79 Å². The number of carbonyl (C=O) groups is 1. The number of ether oxygens (including phenoxy) is 3. The van der Waals surface area contributed by atoms with Crippen LogP contribution in [0.5, 0.6) is 11.5 Å². The first-order valence-corrected chi connectivity index (χ1v) is 10.8. The zero-order valence-electron chi connectivity index (χ0n) is 18.0. The normalized spacial score (nSPS) is 13.5. The van der Waals surface area contributed by atoms with Crippen molar-refractivity contribution >= 4 is 34.3 Å². The molecule has 3 rings (SSSR count). The van der Waals surface area contributed by atoms with Gasteiger partial charge in [0, 0.05) is 17.1 Å². The van der Waals surface area contributed by atoms with E-state index in [1.54, 1.807) is 25.2 Å². The monoisotopic (exact) mass is 429 g/mol. The van der Waals surface area contributed by atoms with Crippen molar-refractivity contribution < 1.29 is 19.0 Å². The molecule has 0 fully saturated rings. The smallest absolute Gasteiger partial charge is 0.351 e. The van der Waals surface area contributed by atoms with Crippen molar-refractivity contribution in [2.24, 2.45) is 5.10 Å². The van der Waals surface area contributed by atoms with Gasteiger partial charge < -0.3 is 14.2 Å². The van der Waals surface area contributed by atoms with Gasteiger partial charge in [0.05, 0.1) is 25.5 Å². The van der Waals surface area contributed by atoms with Gasteiger partial charge in [-0.1, -0.05) is 0 Å². The molecule has 2 aromatic rings. The first kappa shape index (κ1) is 21.8. The van der Waals surface area contributed by atoms with Crippen LogP contribution in [-0.4, -0.2) is 37.0 Å². The Balaban J connectivity index is 2.11. The van der Waals surface area contributed by atoms with E-state index in [4.69, 9.17) is 14.2 Å². The number of benzene rings is 1. The maximum absolute atomic E-state index is 11.9. The van der Waals surface area contributed by atoms with E-state index in [0.717, 1.165) is 35.2 Å². The molecule has 1 aromatic heterocycles. The van der Waals surface area contributed by atoms with Crippen LogP contribution in [0.15, 0.2) is 34.4 Å². The van der Waals surface area contributed by atoms with Crippen LogP contribution in [0.1, 0.15) is 45.2 Å². The second-order valence-corrected chi connectivity index (χ2v) is 7.95. The second-order valence-electron chi connectivity index (χ2n) is 7.08. The SMILES string of the molecule is CCOC(=O)C=NN(C1=C(C)CCc2cc(OC)c(OC(C)C)cc21)c1nccs1. The predicted octanol–water partition coefficient (Wildman–Crippen LogP) is 4.67. The molecule has 8 heteroatoms. The summed E-state index contributed by atoms with van der Waals surface area (Å²) in [5.74, 6) is 0.885. The Morgan fingerprint density at radius 3 is 2.77 bits per heavy atom. The number of anilines is 1. The fourth-order valence-electron chi connectivity index (χ4n) is 3.31. The molecule has 0 saturated heterocycles. The number of nitrogens with zero attached hydrogens (tertiary/aromatic N) is 3. The summed E-state index contributed by atoms with van der Waals surface area (Å²) in [7, 11) is 1.64. The Morgan fingerprint density at radius 2 is 2.13 bits per heavy atom. The molecule has 0 saturated carbocycles. The molecule has 0 N–H and O–H groups in total. The molecule has 0 atom stereocenters. The molecule has 0 spiro atoms. The highest BCUT2D eigenvalue weighted by atomic mass is 32.1. The number of aromatic nitrogens is 1. The maximum atomic E-state index is 11.9. The highest BCUT2D eigenvalue weighted by Crippen LogP contribution is 2.42. The van der Waals surface area contributed by atoms with Gasteiger partial charge in [-0.2, -0.15) is 5.10 Å². The van der Waals surface area contributed by atoms with Crippen LogP contribution in [-0.2, 0) is 16.0 Å². The quantitative estimate of drug-likeness (QED) is 0.345. The molecule has 30 heavy (non-hydrogen) atoms. The van der Waals surface area contributed by atoms with Gasteiger partial charge in [0.1, 0.15) is 6.21 Å². The lowest BCUT2D eigenvalue weighted by molar-refractivity contribution is -0.134. The summed E-state index contributed by atoms with van der Waals surface area (Å²) in [5, 5.41) is 8.70. The molecule has 160 valence electrons. The van der Waals surface area contributed by atoms with Crippen LogP contribution in [0.2, 0.25) is 0 Å². The van der Waals surface area contributed by atoms with Crippen molar-refractivity contribution in [1.29, 1.82) is 0 Å². The summed E-state index contributed by atoms with van der Waals surface area (Å²) in [6, 6.07) is 4.02. The fourth-order valence-corrected chi connectivity index (χ4v) is 3.91. The van der Waals surface area contributed by atoms with Crippen molar-refractivity contribution in [3.8, 4) is 11.5 Å². The number of rotatable bonds is 8. The number of hydrogen-bond acceptors (Lipinski definition) is 8. The number of carbonyl (C=O) groups excluding carboxylic acids is 1. The molecule has 1 aliphatic carbocycles. The summed E-state index contributed by atoms with van der Waals surface area (Å²) < 4.78 is 16.6. The standard InChI is InChI=1S/C22H27N3O4S/c1-6-28-20(26)13-24-25(22-23-9-10-30-22)21-15(4)7-8-16-11-18(27-5)19(12-17(16)21)29-14(2)3/h9-14H,6-8H2,1-5H3. The Bertz CT molecular complexity index is 952.